The normalized spacial score (nSPS) is 12.9. The molecule has 0 amide bonds. The fourth-order valence-electron chi connectivity index (χ4n) is 8.98. The summed E-state index contributed by atoms with van der Waals surface area (Å²) in [6, 6.07) is 25.6. The van der Waals surface area contributed by atoms with Crippen LogP contribution in [0.2, 0.25) is 18.1 Å². The Hall–Kier alpha value is -2.70. The number of carbonyl (C=O) groups excluding carboxylic acids is 1. The minimum Gasteiger partial charge on any atom is -0.512 e. The van der Waals surface area contributed by atoms with E-state index in [0.717, 1.165) is 64.4 Å². The molecule has 7 heteroatoms. The molecule has 3 aromatic carbocycles. The third-order valence-corrected chi connectivity index (χ3v) is 18.6. The maximum absolute atomic E-state index is 11.7. The first-order chi connectivity index (χ1) is 26.8. The quantitative estimate of drug-likeness (QED) is 0.0463. The fourth-order valence-corrected chi connectivity index (χ4v) is 17.3. The summed E-state index contributed by atoms with van der Waals surface area (Å²) in [4.78, 5) is 21.2. The molecule has 1 N–H and O–H groups in total. The molecule has 0 atom stereocenters. The average Bonchev–Trinajstić information content (AvgIpc) is 3.47. The van der Waals surface area contributed by atoms with Gasteiger partial charge in [-0.05, 0) is 66.9 Å². The van der Waals surface area contributed by atoms with Crippen LogP contribution in [0, 0.1) is 41.1 Å². The van der Waals surface area contributed by atoms with Crippen LogP contribution in [0.1, 0.15) is 123 Å². The van der Waals surface area contributed by atoms with Crippen LogP contribution in [-0.4, -0.2) is 28.9 Å². The zero-order chi connectivity index (χ0) is 42.2. The third kappa shape index (κ3) is 12.6. The predicted molar refractivity (Wildman–Crippen MR) is 248 cm³/mol. The number of aliphatic hydroxyl groups excluding tert-OH is 1. The second-order valence-electron chi connectivity index (χ2n) is 18.7. The minimum absolute atomic E-state index is 0. The maximum atomic E-state index is 11.7. The SMILES string of the molecule is CCC(CC)C(=O)/C=C(\O)C(CC)CC.[2H]c1nc(-c2[c-]c3ccccc3c([Si](CC(C)C)(CC(C)C)CC(C)C)c2)c2sc3cc(CC(C)(C)C)ccc3c2n1.[Ir]. The Balaban J connectivity index is 0.000000480. The molecule has 2 heterocycles. The summed E-state index contributed by atoms with van der Waals surface area (Å²) in [6.07, 6.45) is 6.01. The van der Waals surface area contributed by atoms with E-state index >= 15 is 0 Å². The van der Waals surface area contributed by atoms with Gasteiger partial charge in [-0.25, -0.2) is 4.98 Å². The van der Waals surface area contributed by atoms with Crippen molar-refractivity contribution in [2.75, 3.05) is 0 Å². The van der Waals surface area contributed by atoms with Crippen molar-refractivity contribution in [1.29, 1.82) is 0 Å². The number of aliphatic hydroxyl groups is 1. The number of aromatic nitrogens is 2. The molecular weight excluding hydrogens is 913 g/mol. The Morgan fingerprint density at radius 2 is 1.42 bits per heavy atom. The third-order valence-electron chi connectivity index (χ3n) is 11.1. The van der Waals surface area contributed by atoms with Gasteiger partial charge in [0.1, 0.15) is 7.67 Å². The molecule has 0 saturated heterocycles. The van der Waals surface area contributed by atoms with E-state index in [1.54, 1.807) is 16.5 Å². The molecule has 5 aromatic rings. The summed E-state index contributed by atoms with van der Waals surface area (Å²) in [7, 11) is -1.94. The van der Waals surface area contributed by atoms with E-state index in [2.05, 4.69) is 122 Å². The summed E-state index contributed by atoms with van der Waals surface area (Å²) >= 11 is 1.77. The van der Waals surface area contributed by atoms with Gasteiger partial charge in [0.15, 0.2) is 5.78 Å². The van der Waals surface area contributed by atoms with Crippen molar-refractivity contribution in [3.8, 4) is 11.3 Å². The molecule has 2 aromatic heterocycles. The summed E-state index contributed by atoms with van der Waals surface area (Å²) in [6.45, 7) is 29.3. The van der Waals surface area contributed by atoms with Crippen LogP contribution in [0.4, 0.5) is 0 Å². The van der Waals surface area contributed by atoms with Crippen LogP contribution in [0.25, 0.3) is 42.3 Å². The number of benzene rings is 3. The number of rotatable bonds is 16. The first-order valence-corrected chi connectivity index (χ1v) is 24.9. The van der Waals surface area contributed by atoms with Crippen molar-refractivity contribution >= 4 is 61.5 Å². The van der Waals surface area contributed by atoms with E-state index in [1.807, 2.05) is 27.7 Å². The van der Waals surface area contributed by atoms with Gasteiger partial charge in [-0.3, -0.25) is 9.78 Å². The van der Waals surface area contributed by atoms with Gasteiger partial charge in [-0.15, -0.1) is 40.1 Å². The number of allylic oxidation sites excluding steroid dienone is 2. The Bertz CT molecular complexity index is 2120. The molecule has 4 nitrogen and oxygen atoms in total. The largest absolute Gasteiger partial charge is 0.512 e. The molecule has 0 aliphatic carbocycles. The fraction of sp³-hybridized carbons (Fsp3) is 0.540. The Labute approximate surface area is 365 Å². The first-order valence-electron chi connectivity index (χ1n) is 21.9. The molecule has 313 valence electrons. The van der Waals surface area contributed by atoms with E-state index in [4.69, 9.17) is 6.35 Å². The molecule has 0 saturated carbocycles. The van der Waals surface area contributed by atoms with Crippen molar-refractivity contribution in [3.05, 3.63) is 78.3 Å². The van der Waals surface area contributed by atoms with E-state index < -0.39 is 8.07 Å². The van der Waals surface area contributed by atoms with Gasteiger partial charge in [0.05, 0.1) is 19.3 Å². The van der Waals surface area contributed by atoms with Gasteiger partial charge < -0.3 is 5.11 Å². The zero-order valence-electron chi connectivity index (χ0n) is 38.2. The number of ketones is 1. The Morgan fingerprint density at radius 1 is 0.842 bits per heavy atom. The van der Waals surface area contributed by atoms with Crippen molar-refractivity contribution in [2.45, 2.75) is 140 Å². The molecule has 0 aliphatic heterocycles. The van der Waals surface area contributed by atoms with Crippen LogP contribution in [-0.2, 0) is 31.3 Å². The number of hydrogen-bond acceptors (Lipinski definition) is 5. The van der Waals surface area contributed by atoms with Gasteiger partial charge in [-0.1, -0.05) is 149 Å². The van der Waals surface area contributed by atoms with Crippen LogP contribution in [0.3, 0.4) is 0 Å². The predicted octanol–water partition coefficient (Wildman–Crippen LogP) is 14.5. The molecule has 0 unspecified atom stereocenters. The Morgan fingerprint density at radius 3 is 1.96 bits per heavy atom. The van der Waals surface area contributed by atoms with Crippen LogP contribution in [0.5, 0.6) is 0 Å². The van der Waals surface area contributed by atoms with Gasteiger partial charge in [0, 0.05) is 58.5 Å². The van der Waals surface area contributed by atoms with Gasteiger partial charge in [0.25, 0.3) is 0 Å². The monoisotopic (exact) mass is 985 g/mol. The van der Waals surface area contributed by atoms with E-state index in [9.17, 15) is 9.90 Å². The number of thiophene rings is 1. The maximum Gasteiger partial charge on any atom is 0.162 e. The van der Waals surface area contributed by atoms with Crippen LogP contribution < -0.4 is 5.19 Å². The van der Waals surface area contributed by atoms with Crippen molar-refractivity contribution in [1.82, 2.24) is 9.97 Å². The number of fused-ring (bicyclic) bond motifs is 4. The molecule has 0 spiro atoms. The first kappa shape index (κ1) is 47.0. The van der Waals surface area contributed by atoms with Crippen molar-refractivity contribution < 1.29 is 31.4 Å². The number of nitrogens with zero attached hydrogens (tertiary/aromatic N) is 2. The molecule has 5 rings (SSSR count). The van der Waals surface area contributed by atoms with Crippen LogP contribution in [0.15, 0.2) is 66.7 Å². The molecule has 0 bridgehead atoms. The smallest absolute Gasteiger partial charge is 0.162 e. The zero-order valence-corrected chi connectivity index (χ0v) is 41.4. The number of hydrogen-bond donors (Lipinski definition) is 1. The van der Waals surface area contributed by atoms with Crippen molar-refractivity contribution in [3.63, 3.8) is 0 Å². The van der Waals surface area contributed by atoms with Crippen molar-refractivity contribution in [2.24, 2.45) is 35.0 Å². The van der Waals surface area contributed by atoms with E-state index in [1.165, 1.54) is 39.9 Å². The van der Waals surface area contributed by atoms with E-state index in [0.29, 0.717) is 17.8 Å². The molecular formula is C50H71IrN2O2SSi-. The summed E-state index contributed by atoms with van der Waals surface area (Å²) in [5.41, 5.74) is 4.33. The standard InChI is InChI=1S/C37H47N2SSi.C13H24O2.Ir/c1-24(2)20-41(21-25(3)4,22-26(5)6)33-18-29(17-28-12-10-11-13-30(28)33)34-36-35(39-23-38-34)31-15-14-27(16-32(31)40-36)19-37(7,8)9;1-5-10(6-2)12(14)9-13(15)11(7-3)8-4;/h10-16,18,23-26H,19-22H2,1-9H3;9-11,14H,5-8H2,1-4H3;/q-1;;/b;12-9-;/i23D;;. The minimum atomic E-state index is -1.94. The second-order valence-corrected chi connectivity index (χ2v) is 24.1. The van der Waals surface area contributed by atoms with Gasteiger partial charge in [0.2, 0.25) is 0 Å². The van der Waals surface area contributed by atoms with Gasteiger partial charge in [-0.2, -0.15) is 0 Å². The van der Waals surface area contributed by atoms with Gasteiger partial charge >= 0.3 is 0 Å². The summed E-state index contributed by atoms with van der Waals surface area (Å²) in [5.74, 6) is 2.45. The second kappa shape index (κ2) is 21.5. The molecule has 0 aliphatic rings. The Kier molecular flexibility index (Phi) is 17.7. The molecule has 0 fully saturated rings. The summed E-state index contributed by atoms with van der Waals surface area (Å²) in [5, 5.41) is 14.9. The topological polar surface area (TPSA) is 63.1 Å². The average molecular weight is 986 g/mol. The molecule has 1 radical (unpaired) electrons. The van der Waals surface area contributed by atoms with E-state index in [-0.39, 0.29) is 55.2 Å². The number of carbonyl (C=O) groups is 1. The van der Waals surface area contributed by atoms with Crippen LogP contribution >= 0.6 is 11.3 Å². The molecule has 57 heavy (non-hydrogen) atoms. The summed E-state index contributed by atoms with van der Waals surface area (Å²) < 4.78 is 10.9.